The van der Waals surface area contributed by atoms with Crippen LogP contribution in [-0.4, -0.2) is 6.04 Å². The van der Waals surface area contributed by atoms with Gasteiger partial charge >= 0.3 is 0 Å². The predicted molar refractivity (Wildman–Crippen MR) is 71.1 cm³/mol. The van der Waals surface area contributed by atoms with Crippen molar-refractivity contribution in [2.24, 2.45) is 11.8 Å². The van der Waals surface area contributed by atoms with Gasteiger partial charge in [-0.1, -0.05) is 25.4 Å². The summed E-state index contributed by atoms with van der Waals surface area (Å²) < 4.78 is 0. The van der Waals surface area contributed by atoms with E-state index in [9.17, 15) is 0 Å². The summed E-state index contributed by atoms with van der Waals surface area (Å²) in [6.45, 7) is 4.54. The van der Waals surface area contributed by atoms with Crippen molar-refractivity contribution >= 4 is 17.3 Å². The van der Waals surface area contributed by atoms with Crippen LogP contribution < -0.4 is 5.32 Å². The van der Waals surface area contributed by atoms with Crippen LogP contribution in [0.3, 0.4) is 0 Å². The molecule has 1 fully saturated rings. The predicted octanol–water partition coefficient (Wildman–Crippen LogP) is 4.06. The Kier molecular flexibility index (Phi) is 3.59. The highest BCUT2D eigenvalue weighted by molar-refractivity contribution is 6.33. The lowest BCUT2D eigenvalue weighted by atomic mass is 9.73. The minimum absolute atomic E-state index is 0.508. The summed E-state index contributed by atoms with van der Waals surface area (Å²) in [7, 11) is 0. The molecule has 2 nitrogen and oxygen atoms in total. The highest BCUT2D eigenvalue weighted by atomic mass is 35.5. The Bertz CT molecular complexity index is 442. The zero-order chi connectivity index (χ0) is 12.4. The van der Waals surface area contributed by atoms with Crippen LogP contribution in [0.15, 0.2) is 18.2 Å². The first-order chi connectivity index (χ1) is 8.10. The van der Waals surface area contributed by atoms with Crippen molar-refractivity contribution in [3.8, 4) is 6.07 Å². The number of hydrogen-bond donors (Lipinski definition) is 1. The van der Waals surface area contributed by atoms with Crippen LogP contribution in [0.25, 0.3) is 0 Å². The summed E-state index contributed by atoms with van der Waals surface area (Å²) in [5.41, 5.74) is 1.54. The van der Waals surface area contributed by atoms with Gasteiger partial charge in [0.05, 0.1) is 22.3 Å². The molecule has 90 valence electrons. The number of nitrogens with one attached hydrogen (secondary N) is 1. The van der Waals surface area contributed by atoms with Gasteiger partial charge in [0.25, 0.3) is 0 Å². The Hall–Kier alpha value is -1.20. The maximum atomic E-state index is 8.85. The molecule has 3 heteroatoms. The van der Waals surface area contributed by atoms with Crippen LogP contribution in [0.5, 0.6) is 0 Å². The first-order valence-electron chi connectivity index (χ1n) is 6.06. The molecule has 0 aliphatic heterocycles. The molecule has 1 aliphatic carbocycles. The molecule has 0 amide bonds. The van der Waals surface area contributed by atoms with Gasteiger partial charge in [0.2, 0.25) is 0 Å². The Morgan fingerprint density at radius 2 is 2.12 bits per heavy atom. The second-order valence-corrected chi connectivity index (χ2v) is 5.53. The highest BCUT2D eigenvalue weighted by Gasteiger charge is 2.31. The Labute approximate surface area is 108 Å². The fourth-order valence-electron chi connectivity index (χ4n) is 2.25. The number of rotatable bonds is 3. The van der Waals surface area contributed by atoms with Gasteiger partial charge in [0, 0.05) is 6.04 Å². The van der Waals surface area contributed by atoms with E-state index < -0.39 is 0 Å². The molecule has 0 radical (unpaired) electrons. The topological polar surface area (TPSA) is 35.8 Å². The van der Waals surface area contributed by atoms with Gasteiger partial charge in [-0.25, -0.2) is 0 Å². The minimum atomic E-state index is 0.508. The second kappa shape index (κ2) is 4.98. The number of hydrogen-bond acceptors (Lipinski definition) is 2. The smallest absolute Gasteiger partial charge is 0.0992 e. The Morgan fingerprint density at radius 3 is 2.71 bits per heavy atom. The van der Waals surface area contributed by atoms with Crippen molar-refractivity contribution in [2.45, 2.75) is 32.7 Å². The van der Waals surface area contributed by atoms with Crippen LogP contribution >= 0.6 is 11.6 Å². The van der Waals surface area contributed by atoms with E-state index in [0.29, 0.717) is 16.6 Å². The Morgan fingerprint density at radius 1 is 1.41 bits per heavy atom. The zero-order valence-corrected chi connectivity index (χ0v) is 11.0. The number of nitrogens with zero attached hydrogens (tertiary/aromatic N) is 1. The molecule has 0 heterocycles. The molecule has 2 rings (SSSR count). The largest absolute Gasteiger partial charge is 0.381 e. The maximum absolute atomic E-state index is 8.85. The summed E-state index contributed by atoms with van der Waals surface area (Å²) in [4.78, 5) is 0. The SMILES string of the molecule is CC(C)C1CC(Nc2cc(C#N)ccc2Cl)C1. The molecule has 0 atom stereocenters. The van der Waals surface area contributed by atoms with Crippen molar-refractivity contribution in [2.75, 3.05) is 5.32 Å². The molecule has 1 aromatic rings. The normalized spacial score (nSPS) is 23.0. The van der Waals surface area contributed by atoms with Crippen molar-refractivity contribution in [3.05, 3.63) is 28.8 Å². The molecule has 0 saturated heterocycles. The van der Waals surface area contributed by atoms with Crippen molar-refractivity contribution in [1.29, 1.82) is 5.26 Å². The van der Waals surface area contributed by atoms with Gasteiger partial charge in [-0.2, -0.15) is 5.26 Å². The van der Waals surface area contributed by atoms with Gasteiger partial charge in [-0.3, -0.25) is 0 Å². The standard InChI is InChI=1S/C14H17ClN2/c1-9(2)11-6-12(7-11)17-14-5-10(8-16)3-4-13(14)15/h3-5,9,11-12,17H,6-7H2,1-2H3. The van der Waals surface area contributed by atoms with E-state index in [4.69, 9.17) is 16.9 Å². The van der Waals surface area contributed by atoms with Gasteiger partial charge in [-0.05, 0) is 42.9 Å². The maximum Gasteiger partial charge on any atom is 0.0992 e. The lowest BCUT2D eigenvalue weighted by Gasteiger charge is -2.39. The molecule has 1 saturated carbocycles. The number of halogens is 1. The molecule has 0 unspecified atom stereocenters. The zero-order valence-electron chi connectivity index (χ0n) is 10.2. The lowest BCUT2D eigenvalue weighted by Crippen LogP contribution is -2.37. The number of benzene rings is 1. The van der Waals surface area contributed by atoms with Gasteiger partial charge in [0.1, 0.15) is 0 Å². The summed E-state index contributed by atoms with van der Waals surface area (Å²) in [5, 5.41) is 13.0. The van der Waals surface area contributed by atoms with Crippen LogP contribution in [0.4, 0.5) is 5.69 Å². The molecule has 0 spiro atoms. The average molecular weight is 249 g/mol. The van der Waals surface area contributed by atoms with Gasteiger partial charge in [0.15, 0.2) is 0 Å². The van der Waals surface area contributed by atoms with E-state index in [2.05, 4.69) is 25.2 Å². The molecule has 1 aliphatic rings. The van der Waals surface area contributed by atoms with Gasteiger partial charge < -0.3 is 5.32 Å². The summed E-state index contributed by atoms with van der Waals surface area (Å²) in [5.74, 6) is 1.58. The molecule has 1 aromatic carbocycles. The lowest BCUT2D eigenvalue weighted by molar-refractivity contribution is 0.212. The van der Waals surface area contributed by atoms with E-state index in [-0.39, 0.29) is 0 Å². The van der Waals surface area contributed by atoms with Crippen LogP contribution in [0.1, 0.15) is 32.3 Å². The van der Waals surface area contributed by atoms with E-state index in [1.807, 2.05) is 6.07 Å². The average Bonchev–Trinajstić information content (AvgIpc) is 2.24. The third kappa shape index (κ3) is 2.73. The second-order valence-electron chi connectivity index (χ2n) is 5.12. The molecule has 17 heavy (non-hydrogen) atoms. The molecule has 0 bridgehead atoms. The fourth-order valence-corrected chi connectivity index (χ4v) is 2.42. The summed E-state index contributed by atoms with van der Waals surface area (Å²) in [6.07, 6.45) is 2.40. The third-order valence-corrected chi connectivity index (χ3v) is 3.90. The van der Waals surface area contributed by atoms with E-state index in [0.717, 1.165) is 17.5 Å². The van der Waals surface area contributed by atoms with Crippen molar-refractivity contribution < 1.29 is 0 Å². The summed E-state index contributed by atoms with van der Waals surface area (Å²) in [6, 6.07) is 7.98. The van der Waals surface area contributed by atoms with Crippen LogP contribution in [0, 0.1) is 23.2 Å². The quantitative estimate of drug-likeness (QED) is 0.876. The molecule has 1 N–H and O–H groups in total. The summed E-state index contributed by atoms with van der Waals surface area (Å²) >= 11 is 6.11. The number of nitriles is 1. The highest BCUT2D eigenvalue weighted by Crippen LogP contribution is 2.36. The van der Waals surface area contributed by atoms with Crippen molar-refractivity contribution in [1.82, 2.24) is 0 Å². The van der Waals surface area contributed by atoms with Crippen LogP contribution in [-0.2, 0) is 0 Å². The van der Waals surface area contributed by atoms with Gasteiger partial charge in [-0.15, -0.1) is 0 Å². The minimum Gasteiger partial charge on any atom is -0.381 e. The first-order valence-corrected chi connectivity index (χ1v) is 6.44. The third-order valence-electron chi connectivity index (χ3n) is 3.57. The molecular formula is C14H17ClN2. The molecule has 0 aromatic heterocycles. The first kappa shape index (κ1) is 12.3. The monoisotopic (exact) mass is 248 g/mol. The van der Waals surface area contributed by atoms with E-state index in [1.165, 1.54) is 12.8 Å². The van der Waals surface area contributed by atoms with E-state index in [1.54, 1.807) is 12.1 Å². The van der Waals surface area contributed by atoms with E-state index >= 15 is 0 Å². The number of anilines is 1. The fraction of sp³-hybridized carbons (Fsp3) is 0.500. The Balaban J connectivity index is 1.99. The van der Waals surface area contributed by atoms with Crippen molar-refractivity contribution in [3.63, 3.8) is 0 Å². The molecular weight excluding hydrogens is 232 g/mol. The van der Waals surface area contributed by atoms with Crippen LogP contribution in [0.2, 0.25) is 5.02 Å².